The fourth-order valence-corrected chi connectivity index (χ4v) is 10.0. The third-order valence-corrected chi connectivity index (χ3v) is 11.9. The molecule has 0 aromatic carbocycles. The number of fused-ring (bicyclic) bond motifs is 7. The average Bonchev–Trinajstić information content (AvgIpc) is 3.11. The van der Waals surface area contributed by atoms with Gasteiger partial charge in [-0.1, -0.05) is 20.4 Å². The quantitative estimate of drug-likeness (QED) is 0.466. The first-order valence-corrected chi connectivity index (χ1v) is 13.4. The molecule has 2 unspecified atom stereocenters. The predicted molar refractivity (Wildman–Crippen MR) is 123 cm³/mol. The molecule has 33 heavy (non-hydrogen) atoms. The van der Waals surface area contributed by atoms with E-state index < -0.39 is 5.60 Å². The summed E-state index contributed by atoms with van der Waals surface area (Å²) in [7, 11) is 0. The standard InChI is InChI=1S/C28H40O5/c1-15-25(31)33-23-13-27(15,3)32-14-17(23)19-9-8-18-16-12-22(29)21-6-5-7-24(30)28(21,4)20(16)10-11-26(18,19)2/h16-23,29H,1,5-14H2,2-4H3/t16-,17-,18-,19+,20-,21?,22+,23?,26-,27+,28+/m0/s1. The second-order valence-electron chi connectivity index (χ2n) is 12.9. The van der Waals surface area contributed by atoms with Gasteiger partial charge in [-0.05, 0) is 86.9 Å². The van der Waals surface area contributed by atoms with Gasteiger partial charge in [0, 0.05) is 24.2 Å². The number of carbonyl (C=O) groups excluding carboxylic acids is 2. The Morgan fingerprint density at radius 3 is 2.45 bits per heavy atom. The number of ketones is 1. The fraction of sp³-hybridized carbons (Fsp3) is 0.857. The lowest BCUT2D eigenvalue weighted by Gasteiger charge is -2.61. The van der Waals surface area contributed by atoms with E-state index in [0.717, 1.165) is 44.9 Å². The summed E-state index contributed by atoms with van der Waals surface area (Å²) in [5.41, 5.74) is -0.352. The maximum Gasteiger partial charge on any atom is 0.336 e. The lowest BCUT2D eigenvalue weighted by molar-refractivity contribution is -0.203. The van der Waals surface area contributed by atoms with Crippen molar-refractivity contribution in [3.63, 3.8) is 0 Å². The van der Waals surface area contributed by atoms with Gasteiger partial charge in [0.15, 0.2) is 0 Å². The summed E-state index contributed by atoms with van der Waals surface area (Å²) >= 11 is 0. The van der Waals surface area contributed by atoms with Crippen molar-refractivity contribution in [1.82, 2.24) is 0 Å². The van der Waals surface area contributed by atoms with E-state index in [1.807, 2.05) is 6.92 Å². The van der Waals surface area contributed by atoms with Gasteiger partial charge in [0.05, 0.1) is 18.3 Å². The number of esters is 1. The van der Waals surface area contributed by atoms with Crippen molar-refractivity contribution >= 4 is 11.8 Å². The van der Waals surface area contributed by atoms with Crippen LogP contribution in [0.4, 0.5) is 0 Å². The van der Waals surface area contributed by atoms with Crippen LogP contribution >= 0.6 is 0 Å². The molecule has 2 aliphatic heterocycles. The van der Waals surface area contributed by atoms with Crippen molar-refractivity contribution in [1.29, 1.82) is 0 Å². The van der Waals surface area contributed by atoms with Crippen LogP contribution in [-0.2, 0) is 19.1 Å². The molecule has 6 aliphatic rings. The van der Waals surface area contributed by atoms with E-state index >= 15 is 0 Å². The van der Waals surface area contributed by atoms with Gasteiger partial charge in [0.2, 0.25) is 0 Å². The highest BCUT2D eigenvalue weighted by atomic mass is 16.6. The van der Waals surface area contributed by atoms with Gasteiger partial charge >= 0.3 is 5.97 Å². The molecular weight excluding hydrogens is 416 g/mol. The van der Waals surface area contributed by atoms with Crippen molar-refractivity contribution in [3.05, 3.63) is 12.2 Å². The van der Waals surface area contributed by atoms with Gasteiger partial charge in [-0.25, -0.2) is 4.79 Å². The molecule has 0 radical (unpaired) electrons. The van der Waals surface area contributed by atoms with Crippen LogP contribution in [0.1, 0.15) is 78.6 Å². The Morgan fingerprint density at radius 1 is 0.970 bits per heavy atom. The molecule has 6 rings (SSSR count). The van der Waals surface area contributed by atoms with Gasteiger partial charge in [0.25, 0.3) is 0 Å². The number of rotatable bonds is 1. The first-order valence-electron chi connectivity index (χ1n) is 13.4. The van der Waals surface area contributed by atoms with E-state index in [-0.39, 0.29) is 40.8 Å². The number of Topliss-reactive ketones (excluding diaryl/α,β-unsaturated/α-hetero) is 1. The number of carbonyl (C=O) groups is 2. The van der Waals surface area contributed by atoms with Crippen molar-refractivity contribution < 1.29 is 24.2 Å². The Kier molecular flexibility index (Phi) is 4.83. The molecule has 0 spiro atoms. The number of hydrogen-bond donors (Lipinski definition) is 1. The summed E-state index contributed by atoms with van der Waals surface area (Å²) in [6.45, 7) is 11.2. The molecule has 5 nitrogen and oxygen atoms in total. The molecular formula is C28H40O5. The van der Waals surface area contributed by atoms with E-state index in [2.05, 4.69) is 20.4 Å². The third-order valence-electron chi connectivity index (χ3n) is 11.9. The van der Waals surface area contributed by atoms with Gasteiger partial charge < -0.3 is 14.6 Å². The zero-order valence-electron chi connectivity index (χ0n) is 20.5. The van der Waals surface area contributed by atoms with E-state index in [1.165, 1.54) is 0 Å². The summed E-state index contributed by atoms with van der Waals surface area (Å²) in [6, 6.07) is 0. The minimum atomic E-state index is -0.592. The number of aliphatic hydroxyl groups is 1. The molecule has 4 aliphatic carbocycles. The summed E-state index contributed by atoms with van der Waals surface area (Å²) in [5.74, 6) is 2.24. The predicted octanol–water partition coefficient (Wildman–Crippen LogP) is 4.46. The normalized spacial score (nSPS) is 55.9. The molecule has 2 saturated heterocycles. The SMILES string of the molecule is C=C1C(=O)OC2C[C@@]1(C)OC[C@H]2[C@H]1CC[C@H]2[C@@H]3C[C@@H](O)C4CCCC(=O)[C@]4(C)[C@H]3CC[C@]12C. The Balaban J connectivity index is 1.28. The highest BCUT2D eigenvalue weighted by Crippen LogP contribution is 2.68. The largest absolute Gasteiger partial charge is 0.458 e. The average molecular weight is 457 g/mol. The van der Waals surface area contributed by atoms with E-state index in [0.29, 0.717) is 54.5 Å². The van der Waals surface area contributed by atoms with E-state index in [1.54, 1.807) is 0 Å². The molecule has 182 valence electrons. The Labute approximate surface area is 197 Å². The van der Waals surface area contributed by atoms with E-state index in [9.17, 15) is 14.7 Å². The lowest BCUT2D eigenvalue weighted by atomic mass is 9.43. The van der Waals surface area contributed by atoms with Crippen LogP contribution < -0.4 is 0 Å². The van der Waals surface area contributed by atoms with Crippen molar-refractivity contribution in [2.24, 2.45) is 46.3 Å². The smallest absolute Gasteiger partial charge is 0.336 e. The van der Waals surface area contributed by atoms with E-state index in [4.69, 9.17) is 9.47 Å². The second kappa shape index (κ2) is 7.16. The topological polar surface area (TPSA) is 72.8 Å². The summed E-state index contributed by atoms with van der Waals surface area (Å²) < 4.78 is 12.2. The zero-order chi connectivity index (χ0) is 23.3. The minimum absolute atomic E-state index is 0.0983. The van der Waals surface area contributed by atoms with Gasteiger partial charge in [-0.15, -0.1) is 0 Å². The van der Waals surface area contributed by atoms with Crippen LogP contribution in [0.3, 0.4) is 0 Å². The number of ether oxygens (including phenoxy) is 2. The highest BCUT2D eigenvalue weighted by Gasteiger charge is 2.65. The van der Waals surface area contributed by atoms with Crippen molar-refractivity contribution in [2.75, 3.05) is 6.61 Å². The van der Waals surface area contributed by atoms with Crippen LogP contribution in [0, 0.1) is 46.3 Å². The molecule has 1 N–H and O–H groups in total. The summed E-state index contributed by atoms with van der Waals surface area (Å²) in [5, 5.41) is 11.2. The molecule has 0 amide bonds. The highest BCUT2D eigenvalue weighted by molar-refractivity contribution is 5.91. The Hall–Kier alpha value is -1.20. The van der Waals surface area contributed by atoms with Gasteiger partial charge in [0.1, 0.15) is 17.5 Å². The molecule has 2 bridgehead atoms. The molecule has 2 heterocycles. The van der Waals surface area contributed by atoms with Crippen LogP contribution in [0.15, 0.2) is 12.2 Å². The monoisotopic (exact) mass is 456 g/mol. The Morgan fingerprint density at radius 2 is 1.70 bits per heavy atom. The maximum atomic E-state index is 13.3. The first kappa shape index (κ1) is 22.3. The molecule has 11 atom stereocenters. The Bertz CT molecular complexity index is 897. The lowest BCUT2D eigenvalue weighted by Crippen LogP contribution is -2.61. The van der Waals surface area contributed by atoms with Gasteiger partial charge in [-0.2, -0.15) is 0 Å². The summed E-state index contributed by atoms with van der Waals surface area (Å²) in [6.07, 6.45) is 8.18. The van der Waals surface area contributed by atoms with Crippen LogP contribution in [-0.4, -0.2) is 41.3 Å². The van der Waals surface area contributed by atoms with Crippen molar-refractivity contribution in [3.8, 4) is 0 Å². The minimum Gasteiger partial charge on any atom is -0.458 e. The first-order chi connectivity index (χ1) is 15.6. The zero-order valence-corrected chi connectivity index (χ0v) is 20.5. The summed E-state index contributed by atoms with van der Waals surface area (Å²) in [4.78, 5) is 25.8. The molecule has 5 heteroatoms. The number of hydrogen-bond acceptors (Lipinski definition) is 5. The molecule has 6 fully saturated rings. The number of aliphatic hydroxyl groups excluding tert-OH is 1. The third kappa shape index (κ3) is 2.84. The van der Waals surface area contributed by atoms with Crippen molar-refractivity contribution in [2.45, 2.75) is 96.4 Å². The van der Waals surface area contributed by atoms with Gasteiger partial charge in [-0.3, -0.25) is 4.79 Å². The fourth-order valence-electron chi connectivity index (χ4n) is 10.0. The van der Waals surface area contributed by atoms with Crippen LogP contribution in [0.5, 0.6) is 0 Å². The van der Waals surface area contributed by atoms with Crippen LogP contribution in [0.2, 0.25) is 0 Å². The van der Waals surface area contributed by atoms with Crippen LogP contribution in [0.25, 0.3) is 0 Å². The molecule has 4 saturated carbocycles. The molecule has 0 aromatic heterocycles. The second-order valence-corrected chi connectivity index (χ2v) is 12.9. The molecule has 0 aromatic rings. The maximum absolute atomic E-state index is 13.3.